The number of carbonyl (C=O) groups is 1. The third-order valence-electron chi connectivity index (χ3n) is 2.92. The summed E-state index contributed by atoms with van der Waals surface area (Å²) >= 11 is 6.45. The third kappa shape index (κ3) is 3.13. The van der Waals surface area contributed by atoms with E-state index < -0.39 is 11.0 Å². The average molecular weight is 274 g/mol. The zero-order chi connectivity index (χ0) is 13.8. The van der Waals surface area contributed by atoms with Gasteiger partial charge in [0.2, 0.25) is 0 Å². The van der Waals surface area contributed by atoms with Gasteiger partial charge in [0.1, 0.15) is 11.9 Å². The van der Waals surface area contributed by atoms with Crippen molar-refractivity contribution in [1.82, 2.24) is 4.90 Å². The number of Topliss-reactive ketones (excluding diaryl/α,β-unsaturated/α-hetero) is 1. The Kier molecular flexibility index (Phi) is 5.38. The van der Waals surface area contributed by atoms with Crippen LogP contribution in [0.5, 0.6) is 0 Å². The standard InChI is InChI=1S/C13H20ClNO3/c1-15(2)9-7-11(16)13(14)8-5-6-10(17-3)12(13)18-4/h5-6,8,12H,7,9H2,1-4H3. The molecular formula is C13H20ClNO3. The molecule has 0 saturated heterocycles. The van der Waals surface area contributed by atoms with Crippen LogP contribution in [0.15, 0.2) is 24.0 Å². The van der Waals surface area contributed by atoms with E-state index in [4.69, 9.17) is 21.1 Å². The monoisotopic (exact) mass is 273 g/mol. The Morgan fingerprint density at radius 2 is 2.17 bits per heavy atom. The Hall–Kier alpha value is -0.840. The van der Waals surface area contributed by atoms with E-state index in [2.05, 4.69) is 0 Å². The molecule has 2 unspecified atom stereocenters. The number of nitrogens with zero attached hydrogens (tertiary/aromatic N) is 1. The lowest BCUT2D eigenvalue weighted by molar-refractivity contribution is -0.123. The van der Waals surface area contributed by atoms with Crippen LogP contribution in [0.25, 0.3) is 0 Å². The molecule has 0 radical (unpaired) electrons. The van der Waals surface area contributed by atoms with Gasteiger partial charge < -0.3 is 14.4 Å². The van der Waals surface area contributed by atoms with Crippen molar-refractivity contribution in [3.05, 3.63) is 24.0 Å². The van der Waals surface area contributed by atoms with Crippen LogP contribution in [0.2, 0.25) is 0 Å². The van der Waals surface area contributed by atoms with Gasteiger partial charge in [-0.15, -0.1) is 11.6 Å². The average Bonchev–Trinajstić information content (AvgIpc) is 2.35. The van der Waals surface area contributed by atoms with Gasteiger partial charge in [0.25, 0.3) is 0 Å². The van der Waals surface area contributed by atoms with Crippen molar-refractivity contribution in [1.29, 1.82) is 0 Å². The van der Waals surface area contributed by atoms with E-state index in [0.717, 1.165) is 0 Å². The molecule has 0 amide bonds. The second-order valence-electron chi connectivity index (χ2n) is 4.49. The number of methoxy groups -OCH3 is 2. The Morgan fingerprint density at radius 3 is 2.67 bits per heavy atom. The lowest BCUT2D eigenvalue weighted by atomic mass is 9.89. The Labute approximate surface area is 113 Å². The summed E-state index contributed by atoms with van der Waals surface area (Å²) in [6.45, 7) is 0.656. The van der Waals surface area contributed by atoms with Crippen molar-refractivity contribution >= 4 is 17.4 Å². The maximum atomic E-state index is 12.3. The van der Waals surface area contributed by atoms with E-state index in [1.54, 1.807) is 25.3 Å². The summed E-state index contributed by atoms with van der Waals surface area (Å²) in [5.41, 5.74) is 0. The predicted molar refractivity (Wildman–Crippen MR) is 71.8 cm³/mol. The van der Waals surface area contributed by atoms with Gasteiger partial charge >= 0.3 is 0 Å². The number of allylic oxidation sites excluding steroid dienone is 2. The van der Waals surface area contributed by atoms with Gasteiger partial charge in [0.15, 0.2) is 10.7 Å². The SMILES string of the molecule is COC1=CC=CC(Cl)(C(=O)CCN(C)C)C1OC. The molecule has 0 aromatic carbocycles. The molecule has 0 N–H and O–H groups in total. The highest BCUT2D eigenvalue weighted by Crippen LogP contribution is 2.34. The van der Waals surface area contributed by atoms with Crippen molar-refractivity contribution in [3.63, 3.8) is 0 Å². The summed E-state index contributed by atoms with van der Waals surface area (Å²) < 4.78 is 10.5. The molecule has 0 aromatic rings. The fraction of sp³-hybridized carbons (Fsp3) is 0.615. The number of ketones is 1. The number of halogens is 1. The molecule has 0 fully saturated rings. The quantitative estimate of drug-likeness (QED) is 0.689. The van der Waals surface area contributed by atoms with Crippen LogP contribution >= 0.6 is 11.6 Å². The highest BCUT2D eigenvalue weighted by atomic mass is 35.5. The molecule has 0 aliphatic heterocycles. The van der Waals surface area contributed by atoms with Gasteiger partial charge in [0.05, 0.1) is 7.11 Å². The first kappa shape index (κ1) is 15.2. The predicted octanol–water partition coefficient (Wildman–Crippen LogP) is 1.60. The van der Waals surface area contributed by atoms with E-state index >= 15 is 0 Å². The summed E-state index contributed by atoms with van der Waals surface area (Å²) in [7, 11) is 6.89. The van der Waals surface area contributed by atoms with Gasteiger partial charge in [-0.3, -0.25) is 4.79 Å². The molecule has 0 saturated carbocycles. The van der Waals surface area contributed by atoms with Crippen LogP contribution in [-0.2, 0) is 14.3 Å². The summed E-state index contributed by atoms with van der Waals surface area (Å²) in [5, 5.41) is 0. The summed E-state index contributed by atoms with van der Waals surface area (Å²) in [5.74, 6) is 0.497. The second-order valence-corrected chi connectivity index (χ2v) is 5.12. The van der Waals surface area contributed by atoms with E-state index in [9.17, 15) is 4.79 Å². The maximum Gasteiger partial charge on any atom is 0.162 e. The van der Waals surface area contributed by atoms with Crippen molar-refractivity contribution in [3.8, 4) is 0 Å². The Morgan fingerprint density at radius 1 is 1.50 bits per heavy atom. The third-order valence-corrected chi connectivity index (χ3v) is 3.46. The van der Waals surface area contributed by atoms with Crippen LogP contribution < -0.4 is 0 Å². The van der Waals surface area contributed by atoms with Crippen molar-refractivity contribution in [2.24, 2.45) is 0 Å². The smallest absolute Gasteiger partial charge is 0.162 e. The number of alkyl halides is 1. The molecule has 102 valence electrons. The van der Waals surface area contributed by atoms with Crippen molar-refractivity contribution in [2.45, 2.75) is 17.4 Å². The fourth-order valence-electron chi connectivity index (χ4n) is 1.88. The number of ether oxygens (including phenoxy) is 2. The molecule has 0 spiro atoms. The summed E-state index contributed by atoms with van der Waals surface area (Å²) in [4.78, 5) is 13.1. The van der Waals surface area contributed by atoms with Crippen LogP contribution in [-0.4, -0.2) is 56.5 Å². The zero-order valence-electron chi connectivity index (χ0n) is 11.3. The Balaban J connectivity index is 2.87. The van der Waals surface area contributed by atoms with Gasteiger partial charge in [-0.05, 0) is 20.2 Å². The molecule has 0 bridgehead atoms. The molecule has 0 heterocycles. The van der Waals surface area contributed by atoms with E-state index in [1.807, 2.05) is 19.0 Å². The summed E-state index contributed by atoms with van der Waals surface area (Å²) in [6, 6.07) is 0. The number of carbonyl (C=O) groups excluding carboxylic acids is 1. The minimum absolute atomic E-state index is 0.0661. The van der Waals surface area contributed by atoms with Crippen LogP contribution in [0, 0.1) is 0 Å². The normalized spacial score (nSPS) is 27.2. The molecule has 4 nitrogen and oxygen atoms in total. The highest BCUT2D eigenvalue weighted by Gasteiger charge is 2.45. The van der Waals surface area contributed by atoms with Gasteiger partial charge in [-0.1, -0.05) is 12.2 Å². The summed E-state index contributed by atoms with van der Waals surface area (Å²) in [6.07, 6.45) is 4.95. The molecule has 1 rings (SSSR count). The lowest BCUT2D eigenvalue weighted by Crippen LogP contribution is -2.47. The van der Waals surface area contributed by atoms with Crippen LogP contribution in [0.1, 0.15) is 6.42 Å². The topological polar surface area (TPSA) is 38.8 Å². The minimum Gasteiger partial charge on any atom is -0.498 e. The van der Waals surface area contributed by atoms with E-state index in [1.165, 1.54) is 7.11 Å². The molecule has 2 atom stereocenters. The van der Waals surface area contributed by atoms with Gasteiger partial charge in [0, 0.05) is 20.1 Å². The first-order valence-corrected chi connectivity index (χ1v) is 6.16. The molecule has 5 heteroatoms. The molecule has 1 aliphatic carbocycles. The highest BCUT2D eigenvalue weighted by molar-refractivity contribution is 6.37. The largest absolute Gasteiger partial charge is 0.498 e. The Bertz CT molecular complexity index is 365. The number of hydrogen-bond acceptors (Lipinski definition) is 4. The molecule has 18 heavy (non-hydrogen) atoms. The molecule has 1 aliphatic rings. The maximum absolute atomic E-state index is 12.3. The molecular weight excluding hydrogens is 254 g/mol. The van der Waals surface area contributed by atoms with Crippen molar-refractivity contribution < 1.29 is 14.3 Å². The van der Waals surface area contributed by atoms with Gasteiger partial charge in [-0.25, -0.2) is 0 Å². The van der Waals surface area contributed by atoms with Crippen LogP contribution in [0.4, 0.5) is 0 Å². The zero-order valence-corrected chi connectivity index (χ0v) is 12.0. The number of hydrogen-bond donors (Lipinski definition) is 0. The first-order chi connectivity index (χ1) is 8.45. The first-order valence-electron chi connectivity index (χ1n) is 5.79. The fourth-order valence-corrected chi connectivity index (χ4v) is 2.25. The minimum atomic E-state index is -1.18. The second kappa shape index (κ2) is 6.36. The van der Waals surface area contributed by atoms with Crippen molar-refractivity contribution in [2.75, 3.05) is 34.9 Å². The lowest BCUT2D eigenvalue weighted by Gasteiger charge is -2.33. The van der Waals surface area contributed by atoms with E-state index in [-0.39, 0.29) is 5.78 Å². The van der Waals surface area contributed by atoms with E-state index in [0.29, 0.717) is 18.7 Å². The molecule has 0 aromatic heterocycles. The van der Waals surface area contributed by atoms with Crippen LogP contribution in [0.3, 0.4) is 0 Å². The van der Waals surface area contributed by atoms with Gasteiger partial charge in [-0.2, -0.15) is 0 Å². The number of rotatable bonds is 6.